The number of rotatable bonds is 9. The molecule has 0 aliphatic rings. The number of carbonyl (C=O) groups excluding carboxylic acids is 2. The van der Waals surface area contributed by atoms with Crippen LogP contribution < -0.4 is 10.0 Å². The minimum Gasteiger partial charge on any atom is -0.383 e. The fraction of sp³-hybridized carbons (Fsp3) is 0.263. The number of ether oxygens (including phenoxy) is 1. The topological polar surface area (TPSA) is 102 Å². The maximum absolute atomic E-state index is 12.5. The van der Waals surface area contributed by atoms with Crippen molar-refractivity contribution >= 4 is 27.4 Å². The fourth-order valence-electron chi connectivity index (χ4n) is 2.33. The van der Waals surface area contributed by atoms with E-state index < -0.39 is 10.0 Å². The normalized spacial score (nSPS) is 11.0. The molecule has 2 N–H and O–H groups in total. The van der Waals surface area contributed by atoms with Crippen LogP contribution >= 0.6 is 0 Å². The van der Waals surface area contributed by atoms with Crippen molar-refractivity contribution in [3.8, 4) is 0 Å². The molecular formula is C19H22N2O5S. The first-order valence-electron chi connectivity index (χ1n) is 8.30. The summed E-state index contributed by atoms with van der Waals surface area (Å²) in [4.78, 5) is 23.2. The average molecular weight is 390 g/mol. The van der Waals surface area contributed by atoms with Crippen LogP contribution in [0, 0.1) is 0 Å². The molecule has 0 heterocycles. The molecule has 0 radical (unpaired) electrons. The van der Waals surface area contributed by atoms with Crippen LogP contribution in [-0.4, -0.2) is 40.4 Å². The van der Waals surface area contributed by atoms with E-state index in [1.807, 2.05) is 0 Å². The molecule has 0 saturated carbocycles. The first kappa shape index (κ1) is 20.6. The largest absolute Gasteiger partial charge is 0.383 e. The Labute approximate surface area is 158 Å². The standard InChI is InChI=1S/C19H22N2O5S/c1-14(22)16-4-3-5-18(13-16)27(24,25)21-17-8-6-15(7-9-17)12-19(23)20-10-11-26-2/h3-9,13,21H,10-12H2,1-2H3,(H,20,23). The molecule has 0 aliphatic heterocycles. The van der Waals surface area contributed by atoms with Gasteiger partial charge < -0.3 is 10.1 Å². The highest BCUT2D eigenvalue weighted by Gasteiger charge is 2.15. The molecule has 0 fully saturated rings. The molecular weight excluding hydrogens is 368 g/mol. The molecule has 0 spiro atoms. The summed E-state index contributed by atoms with van der Waals surface area (Å²) in [5.74, 6) is -0.346. The van der Waals surface area contributed by atoms with E-state index >= 15 is 0 Å². The first-order valence-corrected chi connectivity index (χ1v) is 9.78. The van der Waals surface area contributed by atoms with Gasteiger partial charge in [0.1, 0.15) is 0 Å². The van der Waals surface area contributed by atoms with Gasteiger partial charge in [-0.15, -0.1) is 0 Å². The van der Waals surface area contributed by atoms with Gasteiger partial charge in [0.05, 0.1) is 17.9 Å². The summed E-state index contributed by atoms with van der Waals surface area (Å²) < 4.78 is 32.3. The molecule has 2 rings (SSSR count). The lowest BCUT2D eigenvalue weighted by atomic mass is 10.1. The zero-order chi connectivity index (χ0) is 19.9. The lowest BCUT2D eigenvalue weighted by molar-refractivity contribution is -0.120. The number of Topliss-reactive ketones (excluding diaryl/α,β-unsaturated/α-hetero) is 1. The third-order valence-electron chi connectivity index (χ3n) is 3.75. The molecule has 0 unspecified atom stereocenters. The zero-order valence-corrected chi connectivity index (χ0v) is 16.0. The van der Waals surface area contributed by atoms with Crippen LogP contribution in [0.25, 0.3) is 0 Å². The summed E-state index contributed by atoms with van der Waals surface area (Å²) in [5.41, 5.74) is 1.45. The highest BCUT2D eigenvalue weighted by atomic mass is 32.2. The Morgan fingerprint density at radius 3 is 2.41 bits per heavy atom. The lowest BCUT2D eigenvalue weighted by Crippen LogP contribution is -2.28. The van der Waals surface area contributed by atoms with Gasteiger partial charge in [-0.1, -0.05) is 24.3 Å². The Kier molecular flexibility index (Phi) is 7.09. The van der Waals surface area contributed by atoms with Gasteiger partial charge in [0.2, 0.25) is 5.91 Å². The number of hydrogen-bond acceptors (Lipinski definition) is 5. The molecule has 144 valence electrons. The number of benzene rings is 2. The molecule has 1 amide bonds. The van der Waals surface area contributed by atoms with Crippen LogP contribution in [0.15, 0.2) is 53.4 Å². The van der Waals surface area contributed by atoms with Gasteiger partial charge >= 0.3 is 0 Å². The number of hydrogen-bond donors (Lipinski definition) is 2. The number of nitrogens with one attached hydrogen (secondary N) is 2. The quantitative estimate of drug-likeness (QED) is 0.504. The molecule has 0 saturated heterocycles. The number of methoxy groups -OCH3 is 1. The highest BCUT2D eigenvalue weighted by Crippen LogP contribution is 2.18. The van der Waals surface area contributed by atoms with E-state index in [4.69, 9.17) is 4.74 Å². The number of amides is 1. The van der Waals surface area contributed by atoms with Crippen molar-refractivity contribution in [2.75, 3.05) is 25.0 Å². The SMILES string of the molecule is COCCNC(=O)Cc1ccc(NS(=O)(=O)c2cccc(C(C)=O)c2)cc1. The minimum atomic E-state index is -3.82. The van der Waals surface area contributed by atoms with Crippen LogP contribution in [0.4, 0.5) is 5.69 Å². The van der Waals surface area contributed by atoms with E-state index in [0.29, 0.717) is 24.4 Å². The Bertz CT molecular complexity index is 908. The van der Waals surface area contributed by atoms with Crippen LogP contribution in [-0.2, 0) is 26.0 Å². The third kappa shape index (κ3) is 6.19. The second-order valence-electron chi connectivity index (χ2n) is 5.91. The Balaban J connectivity index is 2.04. The van der Waals surface area contributed by atoms with Gasteiger partial charge in [-0.2, -0.15) is 0 Å². The Hall–Kier alpha value is -2.71. The molecule has 27 heavy (non-hydrogen) atoms. The van der Waals surface area contributed by atoms with Crippen LogP contribution in [0.3, 0.4) is 0 Å². The molecule has 7 nitrogen and oxygen atoms in total. The Morgan fingerprint density at radius 1 is 1.07 bits per heavy atom. The van der Waals surface area contributed by atoms with Crippen LogP contribution in [0.1, 0.15) is 22.8 Å². The summed E-state index contributed by atoms with van der Waals surface area (Å²) in [6.45, 7) is 2.26. The molecule has 2 aromatic rings. The highest BCUT2D eigenvalue weighted by molar-refractivity contribution is 7.92. The van der Waals surface area contributed by atoms with Crippen LogP contribution in [0.2, 0.25) is 0 Å². The van der Waals surface area contributed by atoms with E-state index in [0.717, 1.165) is 5.56 Å². The molecule has 0 atom stereocenters. The second kappa shape index (κ2) is 9.29. The van der Waals surface area contributed by atoms with E-state index in [1.54, 1.807) is 37.4 Å². The second-order valence-corrected chi connectivity index (χ2v) is 7.59. The summed E-state index contributed by atoms with van der Waals surface area (Å²) in [5, 5.41) is 2.72. The lowest BCUT2D eigenvalue weighted by Gasteiger charge is -2.10. The van der Waals surface area contributed by atoms with Gasteiger partial charge in [0.15, 0.2) is 5.78 Å². The van der Waals surface area contributed by atoms with Crippen molar-refractivity contribution in [2.24, 2.45) is 0 Å². The van der Waals surface area contributed by atoms with Crippen molar-refractivity contribution in [1.82, 2.24) is 5.32 Å². The number of anilines is 1. The van der Waals surface area contributed by atoms with Crippen molar-refractivity contribution in [3.05, 3.63) is 59.7 Å². The maximum Gasteiger partial charge on any atom is 0.261 e. The van der Waals surface area contributed by atoms with Crippen molar-refractivity contribution in [2.45, 2.75) is 18.2 Å². The predicted molar refractivity (Wildman–Crippen MR) is 102 cm³/mol. The van der Waals surface area contributed by atoms with Crippen molar-refractivity contribution < 1.29 is 22.7 Å². The van der Waals surface area contributed by atoms with Gasteiger partial charge in [-0.3, -0.25) is 14.3 Å². The molecule has 0 aliphatic carbocycles. The summed E-state index contributed by atoms with van der Waals surface area (Å²) in [6.07, 6.45) is 0.192. The number of ketones is 1. The average Bonchev–Trinajstić information content (AvgIpc) is 2.63. The van der Waals surface area contributed by atoms with Gasteiger partial charge in [-0.05, 0) is 36.8 Å². The molecule has 0 bridgehead atoms. The van der Waals surface area contributed by atoms with Crippen LogP contribution in [0.5, 0.6) is 0 Å². The van der Waals surface area contributed by atoms with E-state index in [-0.39, 0.29) is 23.0 Å². The third-order valence-corrected chi connectivity index (χ3v) is 5.13. The fourth-order valence-corrected chi connectivity index (χ4v) is 3.43. The van der Waals surface area contributed by atoms with Gasteiger partial charge in [0, 0.05) is 24.9 Å². The summed E-state index contributed by atoms with van der Waals surface area (Å²) in [6, 6.07) is 12.4. The monoisotopic (exact) mass is 390 g/mol. The van der Waals surface area contributed by atoms with Crippen molar-refractivity contribution in [3.63, 3.8) is 0 Å². The maximum atomic E-state index is 12.5. The number of carbonyl (C=O) groups is 2. The number of sulfonamides is 1. The summed E-state index contributed by atoms with van der Waals surface area (Å²) >= 11 is 0. The summed E-state index contributed by atoms with van der Waals surface area (Å²) in [7, 11) is -2.26. The smallest absolute Gasteiger partial charge is 0.261 e. The van der Waals surface area contributed by atoms with E-state index in [9.17, 15) is 18.0 Å². The van der Waals surface area contributed by atoms with Gasteiger partial charge in [0.25, 0.3) is 10.0 Å². The van der Waals surface area contributed by atoms with Gasteiger partial charge in [-0.25, -0.2) is 8.42 Å². The predicted octanol–water partition coefficient (Wildman–Crippen LogP) is 2.00. The Morgan fingerprint density at radius 2 is 1.78 bits per heavy atom. The van der Waals surface area contributed by atoms with E-state index in [2.05, 4.69) is 10.0 Å². The molecule has 8 heteroatoms. The molecule has 2 aromatic carbocycles. The van der Waals surface area contributed by atoms with E-state index in [1.165, 1.54) is 25.1 Å². The first-order chi connectivity index (χ1) is 12.8. The molecule has 0 aromatic heterocycles. The zero-order valence-electron chi connectivity index (χ0n) is 15.2. The minimum absolute atomic E-state index is 0.0109. The van der Waals surface area contributed by atoms with Crippen molar-refractivity contribution in [1.29, 1.82) is 0 Å².